The standard InChI is InChI=1S/C19H17FN2O4S/c1-24-9-8-22-13-7-6-12(20)10-17(13)27-19(22)21-18(23)16-11-25-14-4-2-3-5-15(14)26-16/h2-7,10,16H,8-9,11H2,1H3. The molecule has 0 saturated carbocycles. The molecule has 1 unspecified atom stereocenters. The minimum absolute atomic E-state index is 0.0942. The van der Waals surface area contributed by atoms with E-state index in [0.29, 0.717) is 34.2 Å². The molecular formula is C19H17FN2O4S. The summed E-state index contributed by atoms with van der Waals surface area (Å²) in [5.74, 6) is 0.348. The van der Waals surface area contributed by atoms with Crippen molar-refractivity contribution in [2.45, 2.75) is 12.6 Å². The first-order valence-corrected chi connectivity index (χ1v) is 9.22. The maximum Gasteiger partial charge on any atom is 0.292 e. The molecule has 0 N–H and O–H groups in total. The summed E-state index contributed by atoms with van der Waals surface area (Å²) < 4.78 is 32.6. The summed E-state index contributed by atoms with van der Waals surface area (Å²) in [6.07, 6.45) is -0.822. The summed E-state index contributed by atoms with van der Waals surface area (Å²) in [5.41, 5.74) is 0.802. The maximum absolute atomic E-state index is 13.6. The van der Waals surface area contributed by atoms with Crippen LogP contribution in [0, 0.1) is 5.82 Å². The normalized spacial score (nSPS) is 16.7. The van der Waals surface area contributed by atoms with Crippen molar-refractivity contribution in [3.63, 3.8) is 0 Å². The molecule has 0 radical (unpaired) electrons. The second-order valence-corrected chi connectivity index (χ2v) is 6.96. The SMILES string of the molecule is COCCn1c(=NC(=O)C2COc3ccccc3O2)sc2cc(F)ccc21. The van der Waals surface area contributed by atoms with Crippen LogP contribution in [0.4, 0.5) is 4.39 Å². The lowest BCUT2D eigenvalue weighted by Gasteiger charge is -2.23. The highest BCUT2D eigenvalue weighted by Crippen LogP contribution is 2.31. The molecule has 4 rings (SSSR count). The third-order valence-corrected chi connectivity index (χ3v) is 5.19. The maximum atomic E-state index is 13.6. The van der Waals surface area contributed by atoms with Crippen LogP contribution in [0.25, 0.3) is 10.2 Å². The molecule has 8 heteroatoms. The van der Waals surface area contributed by atoms with Crippen LogP contribution in [0.3, 0.4) is 0 Å². The fraction of sp³-hybridized carbons (Fsp3) is 0.263. The van der Waals surface area contributed by atoms with Crippen LogP contribution in [-0.4, -0.2) is 36.9 Å². The largest absolute Gasteiger partial charge is 0.485 e. The molecule has 1 aliphatic heterocycles. The van der Waals surface area contributed by atoms with Crippen molar-refractivity contribution < 1.29 is 23.4 Å². The van der Waals surface area contributed by atoms with Gasteiger partial charge in [0.15, 0.2) is 16.3 Å². The Morgan fingerprint density at radius 2 is 2.15 bits per heavy atom. The molecular weight excluding hydrogens is 371 g/mol. The number of methoxy groups -OCH3 is 1. The summed E-state index contributed by atoms with van der Waals surface area (Å²) in [4.78, 5) is 17.4. The van der Waals surface area contributed by atoms with Crippen LogP contribution in [0.1, 0.15) is 0 Å². The van der Waals surface area contributed by atoms with Gasteiger partial charge in [0.05, 0.1) is 16.8 Å². The van der Waals surface area contributed by atoms with E-state index in [1.54, 1.807) is 25.3 Å². The molecule has 1 aliphatic rings. The highest BCUT2D eigenvalue weighted by Gasteiger charge is 2.27. The number of halogens is 1. The predicted molar refractivity (Wildman–Crippen MR) is 98.6 cm³/mol. The number of carbonyl (C=O) groups excluding carboxylic acids is 1. The van der Waals surface area contributed by atoms with Crippen molar-refractivity contribution in [1.29, 1.82) is 0 Å². The van der Waals surface area contributed by atoms with Gasteiger partial charge in [0, 0.05) is 13.7 Å². The minimum Gasteiger partial charge on any atom is -0.485 e. The molecule has 0 aliphatic carbocycles. The number of carbonyl (C=O) groups is 1. The quantitative estimate of drug-likeness (QED) is 0.690. The Kier molecular flexibility index (Phi) is 4.91. The van der Waals surface area contributed by atoms with Gasteiger partial charge < -0.3 is 18.8 Å². The number of amides is 1. The van der Waals surface area contributed by atoms with E-state index in [1.807, 2.05) is 16.7 Å². The molecule has 2 aromatic carbocycles. The number of para-hydroxylation sites is 2. The highest BCUT2D eigenvalue weighted by molar-refractivity contribution is 7.16. The van der Waals surface area contributed by atoms with Crippen LogP contribution in [0.15, 0.2) is 47.5 Å². The number of hydrogen-bond acceptors (Lipinski definition) is 5. The molecule has 0 bridgehead atoms. The Morgan fingerprint density at radius 3 is 2.96 bits per heavy atom. The van der Waals surface area contributed by atoms with Crippen LogP contribution in [0.2, 0.25) is 0 Å². The van der Waals surface area contributed by atoms with Crippen molar-refractivity contribution in [3.8, 4) is 11.5 Å². The topological polar surface area (TPSA) is 62.1 Å². The van der Waals surface area contributed by atoms with Gasteiger partial charge in [0.25, 0.3) is 5.91 Å². The average Bonchev–Trinajstić information content (AvgIpc) is 3.01. The summed E-state index contributed by atoms with van der Waals surface area (Å²) in [6.45, 7) is 1.04. The molecule has 140 valence electrons. The lowest BCUT2D eigenvalue weighted by molar-refractivity contribution is -0.127. The minimum atomic E-state index is -0.822. The number of fused-ring (bicyclic) bond motifs is 2. The van der Waals surface area contributed by atoms with Gasteiger partial charge in [-0.2, -0.15) is 4.99 Å². The molecule has 1 atom stereocenters. The third-order valence-electron chi connectivity index (χ3n) is 4.15. The first-order chi connectivity index (χ1) is 13.2. The number of thiazole rings is 1. The van der Waals surface area contributed by atoms with E-state index in [0.717, 1.165) is 5.52 Å². The van der Waals surface area contributed by atoms with E-state index < -0.39 is 12.0 Å². The van der Waals surface area contributed by atoms with Crippen molar-refractivity contribution in [2.24, 2.45) is 4.99 Å². The summed E-state index contributed by atoms with van der Waals surface area (Å²) in [5, 5.41) is 0. The lowest BCUT2D eigenvalue weighted by atomic mass is 10.2. The molecule has 3 aromatic rings. The van der Waals surface area contributed by atoms with Crippen molar-refractivity contribution in [1.82, 2.24) is 4.57 Å². The Labute approximate surface area is 158 Å². The predicted octanol–water partition coefficient (Wildman–Crippen LogP) is 2.76. The number of ether oxygens (including phenoxy) is 3. The molecule has 0 saturated heterocycles. The number of rotatable bonds is 4. The lowest BCUT2D eigenvalue weighted by Crippen LogP contribution is -2.37. The van der Waals surface area contributed by atoms with Gasteiger partial charge in [-0.25, -0.2) is 4.39 Å². The first-order valence-electron chi connectivity index (χ1n) is 8.40. The fourth-order valence-electron chi connectivity index (χ4n) is 2.84. The van der Waals surface area contributed by atoms with E-state index in [9.17, 15) is 9.18 Å². The molecule has 0 fully saturated rings. The summed E-state index contributed by atoms with van der Waals surface area (Å²) >= 11 is 1.25. The van der Waals surface area contributed by atoms with E-state index in [4.69, 9.17) is 14.2 Å². The zero-order chi connectivity index (χ0) is 18.8. The monoisotopic (exact) mass is 388 g/mol. The third kappa shape index (κ3) is 3.58. The van der Waals surface area contributed by atoms with Gasteiger partial charge in [0.1, 0.15) is 12.4 Å². The zero-order valence-electron chi connectivity index (χ0n) is 14.6. The molecule has 27 heavy (non-hydrogen) atoms. The molecule has 6 nitrogen and oxygen atoms in total. The zero-order valence-corrected chi connectivity index (χ0v) is 15.4. The summed E-state index contributed by atoms with van der Waals surface area (Å²) in [7, 11) is 1.60. The highest BCUT2D eigenvalue weighted by atomic mass is 32.1. The van der Waals surface area contributed by atoms with Crippen LogP contribution in [-0.2, 0) is 16.1 Å². The molecule has 2 heterocycles. The Bertz CT molecular complexity index is 1060. The average molecular weight is 388 g/mol. The Balaban J connectivity index is 1.68. The molecule has 1 amide bonds. The van der Waals surface area contributed by atoms with Crippen molar-refractivity contribution in [3.05, 3.63) is 53.1 Å². The first kappa shape index (κ1) is 17.7. The second-order valence-electron chi connectivity index (χ2n) is 5.96. The fourth-order valence-corrected chi connectivity index (χ4v) is 3.92. The van der Waals surface area contributed by atoms with Gasteiger partial charge >= 0.3 is 0 Å². The van der Waals surface area contributed by atoms with Gasteiger partial charge in [-0.1, -0.05) is 23.5 Å². The van der Waals surface area contributed by atoms with Gasteiger partial charge in [-0.15, -0.1) is 0 Å². The summed E-state index contributed by atoms with van der Waals surface area (Å²) in [6, 6.07) is 11.7. The van der Waals surface area contributed by atoms with Crippen molar-refractivity contribution in [2.75, 3.05) is 20.3 Å². The van der Waals surface area contributed by atoms with Crippen molar-refractivity contribution >= 4 is 27.5 Å². The van der Waals surface area contributed by atoms with Gasteiger partial charge in [-0.3, -0.25) is 4.79 Å². The number of benzene rings is 2. The van der Waals surface area contributed by atoms with E-state index in [1.165, 1.54) is 23.5 Å². The van der Waals surface area contributed by atoms with Crippen LogP contribution >= 0.6 is 11.3 Å². The van der Waals surface area contributed by atoms with Crippen LogP contribution in [0.5, 0.6) is 11.5 Å². The number of aromatic nitrogens is 1. The number of nitrogens with zero attached hydrogens (tertiary/aromatic N) is 2. The van der Waals surface area contributed by atoms with E-state index in [2.05, 4.69) is 4.99 Å². The molecule has 1 aromatic heterocycles. The number of hydrogen-bond donors (Lipinski definition) is 0. The smallest absolute Gasteiger partial charge is 0.292 e. The van der Waals surface area contributed by atoms with Crippen LogP contribution < -0.4 is 14.3 Å². The van der Waals surface area contributed by atoms with E-state index >= 15 is 0 Å². The van der Waals surface area contributed by atoms with Gasteiger partial charge in [-0.05, 0) is 30.3 Å². The van der Waals surface area contributed by atoms with E-state index in [-0.39, 0.29) is 12.4 Å². The van der Waals surface area contributed by atoms with Gasteiger partial charge in [0.2, 0.25) is 6.10 Å². The Morgan fingerprint density at radius 1 is 1.33 bits per heavy atom. The molecule has 0 spiro atoms. The second kappa shape index (κ2) is 7.50. The Hall–Kier alpha value is -2.71.